The smallest absolute Gasteiger partial charge is 0.272 e. The monoisotopic (exact) mass is 289 g/mol. The Morgan fingerprint density at radius 1 is 1.19 bits per heavy atom. The quantitative estimate of drug-likeness (QED) is 0.853. The van der Waals surface area contributed by atoms with Crippen molar-refractivity contribution in [2.75, 3.05) is 26.2 Å². The molecule has 0 radical (unpaired) electrons. The van der Waals surface area contributed by atoms with Crippen molar-refractivity contribution in [3.8, 4) is 0 Å². The molecule has 1 saturated heterocycles. The van der Waals surface area contributed by atoms with Crippen LogP contribution in [0.5, 0.6) is 0 Å². The number of piperidine rings is 1. The fourth-order valence-corrected chi connectivity index (χ4v) is 2.63. The topological polar surface area (TPSA) is 53.5 Å². The van der Waals surface area contributed by atoms with Gasteiger partial charge in [0.1, 0.15) is 5.69 Å². The van der Waals surface area contributed by atoms with Gasteiger partial charge in [-0.1, -0.05) is 0 Å². The second kappa shape index (κ2) is 7.20. The second-order valence-corrected chi connectivity index (χ2v) is 5.26. The first-order chi connectivity index (χ1) is 10.2. The number of hydrogen-bond acceptors (Lipinski definition) is 3. The summed E-state index contributed by atoms with van der Waals surface area (Å²) >= 11 is 0. The lowest BCUT2D eigenvalue weighted by Crippen LogP contribution is -2.36. The number of rotatable bonds is 4. The minimum Gasteiger partial charge on any atom is -0.339 e. The number of hydrogen-bond donors (Lipinski definition) is 0. The van der Waals surface area contributed by atoms with Crippen LogP contribution in [0.2, 0.25) is 0 Å². The van der Waals surface area contributed by atoms with E-state index in [1.807, 2.05) is 18.7 Å². The first-order valence-electron chi connectivity index (χ1n) is 7.72. The predicted octanol–water partition coefficient (Wildman–Crippen LogP) is 2.19. The molecule has 1 fully saturated rings. The van der Waals surface area contributed by atoms with Crippen LogP contribution in [0, 0.1) is 0 Å². The van der Waals surface area contributed by atoms with E-state index in [1.54, 1.807) is 23.2 Å². The van der Waals surface area contributed by atoms with Crippen LogP contribution in [0.3, 0.4) is 0 Å². The van der Waals surface area contributed by atoms with Crippen molar-refractivity contribution in [1.82, 2.24) is 14.8 Å². The molecular weight excluding hydrogens is 266 g/mol. The van der Waals surface area contributed by atoms with Gasteiger partial charge in [-0.3, -0.25) is 14.6 Å². The highest BCUT2D eigenvalue weighted by Gasteiger charge is 2.21. The molecule has 0 saturated carbocycles. The second-order valence-electron chi connectivity index (χ2n) is 5.26. The lowest BCUT2D eigenvalue weighted by atomic mass is 10.1. The molecule has 2 heterocycles. The molecule has 0 aliphatic carbocycles. The summed E-state index contributed by atoms with van der Waals surface area (Å²) in [5.74, 6) is -0.112. The van der Waals surface area contributed by atoms with Gasteiger partial charge < -0.3 is 9.80 Å². The first-order valence-corrected chi connectivity index (χ1v) is 7.72. The molecule has 0 aromatic carbocycles. The molecule has 5 nitrogen and oxygen atoms in total. The van der Waals surface area contributed by atoms with Gasteiger partial charge in [0.2, 0.25) is 0 Å². The molecule has 1 aliphatic heterocycles. The van der Waals surface area contributed by atoms with Crippen LogP contribution in [0.4, 0.5) is 0 Å². The van der Waals surface area contributed by atoms with E-state index >= 15 is 0 Å². The van der Waals surface area contributed by atoms with Gasteiger partial charge in [-0.25, -0.2) is 0 Å². The summed E-state index contributed by atoms with van der Waals surface area (Å²) in [6.07, 6.45) is 4.82. The largest absolute Gasteiger partial charge is 0.339 e. The van der Waals surface area contributed by atoms with Gasteiger partial charge in [0.15, 0.2) is 0 Å². The van der Waals surface area contributed by atoms with E-state index in [2.05, 4.69) is 4.98 Å². The third kappa shape index (κ3) is 3.60. The number of pyridine rings is 1. The van der Waals surface area contributed by atoms with Gasteiger partial charge in [0.25, 0.3) is 11.8 Å². The van der Waals surface area contributed by atoms with Gasteiger partial charge in [-0.2, -0.15) is 0 Å². The van der Waals surface area contributed by atoms with E-state index in [0.717, 1.165) is 25.9 Å². The number of carbonyl (C=O) groups is 2. The average Bonchev–Trinajstić information content (AvgIpc) is 2.56. The molecule has 0 unspecified atom stereocenters. The van der Waals surface area contributed by atoms with Crippen molar-refractivity contribution in [2.45, 2.75) is 33.1 Å². The Kier molecular flexibility index (Phi) is 5.31. The van der Waals surface area contributed by atoms with Gasteiger partial charge in [-0.05, 0) is 45.2 Å². The van der Waals surface area contributed by atoms with Gasteiger partial charge in [-0.15, -0.1) is 0 Å². The molecule has 21 heavy (non-hydrogen) atoms. The van der Waals surface area contributed by atoms with Crippen molar-refractivity contribution in [2.24, 2.45) is 0 Å². The zero-order valence-corrected chi connectivity index (χ0v) is 12.8. The zero-order chi connectivity index (χ0) is 15.2. The van der Waals surface area contributed by atoms with Gasteiger partial charge in [0, 0.05) is 37.9 Å². The van der Waals surface area contributed by atoms with Gasteiger partial charge >= 0.3 is 0 Å². The van der Waals surface area contributed by atoms with E-state index in [-0.39, 0.29) is 11.8 Å². The van der Waals surface area contributed by atoms with Gasteiger partial charge in [0.05, 0.1) is 0 Å². The summed E-state index contributed by atoms with van der Waals surface area (Å²) in [4.78, 5) is 32.5. The average molecular weight is 289 g/mol. The first kappa shape index (κ1) is 15.5. The number of amides is 2. The van der Waals surface area contributed by atoms with Crippen molar-refractivity contribution in [3.05, 3.63) is 29.6 Å². The molecule has 1 aromatic rings. The summed E-state index contributed by atoms with van der Waals surface area (Å²) in [5.41, 5.74) is 0.906. The van der Waals surface area contributed by atoms with E-state index in [0.29, 0.717) is 24.3 Å². The number of likely N-dealkylation sites (tertiary alicyclic amines) is 1. The highest BCUT2D eigenvalue weighted by atomic mass is 16.2. The van der Waals surface area contributed by atoms with Crippen LogP contribution in [-0.2, 0) is 0 Å². The molecule has 2 rings (SSSR count). The third-order valence-electron chi connectivity index (χ3n) is 3.92. The van der Waals surface area contributed by atoms with Crippen LogP contribution in [0.25, 0.3) is 0 Å². The van der Waals surface area contributed by atoms with Crippen molar-refractivity contribution in [1.29, 1.82) is 0 Å². The Labute approximate surface area is 126 Å². The molecule has 0 bridgehead atoms. The molecule has 0 spiro atoms. The molecule has 2 amide bonds. The Balaban J connectivity index is 2.16. The van der Waals surface area contributed by atoms with Crippen molar-refractivity contribution in [3.63, 3.8) is 0 Å². The summed E-state index contributed by atoms with van der Waals surface area (Å²) < 4.78 is 0. The van der Waals surface area contributed by atoms with Crippen molar-refractivity contribution >= 4 is 11.8 Å². The maximum atomic E-state index is 12.4. The normalized spacial score (nSPS) is 14.9. The Bertz CT molecular complexity index is 506. The molecule has 5 heteroatoms. The maximum absolute atomic E-state index is 12.4. The fraction of sp³-hybridized carbons (Fsp3) is 0.562. The minimum atomic E-state index is -0.0658. The Morgan fingerprint density at radius 3 is 2.48 bits per heavy atom. The summed E-state index contributed by atoms with van der Waals surface area (Å²) in [7, 11) is 0. The molecule has 0 atom stereocenters. The van der Waals surface area contributed by atoms with Crippen LogP contribution < -0.4 is 0 Å². The standard InChI is InChI=1S/C16H23N3O2/c1-3-18(4-2)15(20)13-8-9-17-14(12-13)16(21)19-10-6-5-7-11-19/h8-9,12H,3-7,10-11H2,1-2H3. The Morgan fingerprint density at radius 2 is 1.86 bits per heavy atom. The Hall–Kier alpha value is -1.91. The van der Waals surface area contributed by atoms with Crippen molar-refractivity contribution < 1.29 is 9.59 Å². The summed E-state index contributed by atoms with van der Waals surface area (Å²) in [5, 5.41) is 0. The number of aromatic nitrogens is 1. The van der Waals surface area contributed by atoms with Crippen LogP contribution in [-0.4, -0.2) is 52.8 Å². The molecule has 0 N–H and O–H groups in total. The van der Waals surface area contributed by atoms with Crippen LogP contribution in [0.15, 0.2) is 18.3 Å². The summed E-state index contributed by atoms with van der Waals surface area (Å²) in [6, 6.07) is 3.30. The van der Waals surface area contributed by atoms with E-state index in [9.17, 15) is 9.59 Å². The number of carbonyl (C=O) groups excluding carboxylic acids is 2. The van der Waals surface area contributed by atoms with E-state index in [1.165, 1.54) is 6.42 Å². The molecule has 114 valence electrons. The third-order valence-corrected chi connectivity index (χ3v) is 3.92. The highest BCUT2D eigenvalue weighted by molar-refractivity contribution is 5.98. The van der Waals surface area contributed by atoms with Crippen LogP contribution in [0.1, 0.15) is 54.0 Å². The molecular formula is C16H23N3O2. The predicted molar refractivity (Wildman–Crippen MR) is 81.2 cm³/mol. The number of nitrogens with zero attached hydrogens (tertiary/aromatic N) is 3. The minimum absolute atomic E-state index is 0.0462. The molecule has 1 aromatic heterocycles. The SMILES string of the molecule is CCN(CC)C(=O)c1ccnc(C(=O)N2CCCCC2)c1. The molecule has 1 aliphatic rings. The van der Waals surface area contributed by atoms with E-state index < -0.39 is 0 Å². The maximum Gasteiger partial charge on any atom is 0.272 e. The van der Waals surface area contributed by atoms with E-state index in [4.69, 9.17) is 0 Å². The fourth-order valence-electron chi connectivity index (χ4n) is 2.63. The zero-order valence-electron chi connectivity index (χ0n) is 12.8. The highest BCUT2D eigenvalue weighted by Crippen LogP contribution is 2.13. The lowest BCUT2D eigenvalue weighted by molar-refractivity contribution is 0.0718. The summed E-state index contributed by atoms with van der Waals surface area (Å²) in [6.45, 7) is 6.79. The van der Waals surface area contributed by atoms with Crippen LogP contribution >= 0.6 is 0 Å². The lowest BCUT2D eigenvalue weighted by Gasteiger charge is -2.26.